The molecular formula is C11H14N2O3. The largest absolute Gasteiger partial charge is 0.436 e. The van der Waals surface area contributed by atoms with Gasteiger partial charge in [-0.15, -0.1) is 0 Å². The summed E-state index contributed by atoms with van der Waals surface area (Å²) in [6, 6.07) is 9.37. The van der Waals surface area contributed by atoms with Crippen LogP contribution in [0.5, 0.6) is 0 Å². The third-order valence-corrected chi connectivity index (χ3v) is 1.96. The Hall–Kier alpha value is -2.04. The van der Waals surface area contributed by atoms with Gasteiger partial charge in [0.05, 0.1) is 0 Å². The van der Waals surface area contributed by atoms with Crippen LogP contribution in [-0.4, -0.2) is 18.1 Å². The predicted molar refractivity (Wildman–Crippen MR) is 58.4 cm³/mol. The zero-order valence-corrected chi connectivity index (χ0v) is 8.97. The van der Waals surface area contributed by atoms with Crippen LogP contribution in [0.2, 0.25) is 0 Å². The minimum absolute atomic E-state index is 0.352. The van der Waals surface area contributed by atoms with Gasteiger partial charge in [0, 0.05) is 6.54 Å². The highest BCUT2D eigenvalue weighted by molar-refractivity contribution is 5.81. The van der Waals surface area contributed by atoms with Gasteiger partial charge in [0.2, 0.25) is 0 Å². The Labute approximate surface area is 93.6 Å². The quantitative estimate of drug-likeness (QED) is 0.790. The summed E-state index contributed by atoms with van der Waals surface area (Å²) in [5.74, 6) is -0.671. The Morgan fingerprint density at radius 1 is 1.38 bits per heavy atom. The smallest absolute Gasteiger partial charge is 0.408 e. The number of hydrogen-bond donors (Lipinski definition) is 2. The average molecular weight is 222 g/mol. The number of ether oxygens (including phenoxy) is 1. The summed E-state index contributed by atoms with van der Waals surface area (Å²) in [6.07, 6.45) is -1.58. The first-order valence-electron chi connectivity index (χ1n) is 4.87. The number of nitrogens with one attached hydrogen (secondary N) is 1. The summed E-state index contributed by atoms with van der Waals surface area (Å²) in [4.78, 5) is 21.8. The fourth-order valence-corrected chi connectivity index (χ4v) is 1.03. The lowest BCUT2D eigenvalue weighted by Gasteiger charge is -2.10. The molecule has 16 heavy (non-hydrogen) atoms. The Morgan fingerprint density at radius 3 is 2.56 bits per heavy atom. The number of hydrogen-bond acceptors (Lipinski definition) is 3. The van der Waals surface area contributed by atoms with E-state index < -0.39 is 18.1 Å². The molecule has 5 heteroatoms. The molecule has 0 spiro atoms. The lowest BCUT2D eigenvalue weighted by molar-refractivity contribution is -0.125. The molecule has 5 nitrogen and oxygen atoms in total. The van der Waals surface area contributed by atoms with E-state index in [0.29, 0.717) is 6.54 Å². The van der Waals surface area contributed by atoms with Crippen LogP contribution in [0, 0.1) is 0 Å². The third-order valence-electron chi connectivity index (χ3n) is 1.96. The van der Waals surface area contributed by atoms with Crippen molar-refractivity contribution < 1.29 is 14.3 Å². The van der Waals surface area contributed by atoms with E-state index in [4.69, 9.17) is 10.5 Å². The van der Waals surface area contributed by atoms with Crippen LogP contribution >= 0.6 is 0 Å². The average Bonchev–Trinajstić information content (AvgIpc) is 2.27. The first kappa shape index (κ1) is 12.0. The van der Waals surface area contributed by atoms with E-state index in [-0.39, 0.29) is 0 Å². The summed E-state index contributed by atoms with van der Waals surface area (Å²) >= 11 is 0. The Balaban J connectivity index is 2.33. The zero-order valence-electron chi connectivity index (χ0n) is 8.97. The van der Waals surface area contributed by atoms with Gasteiger partial charge < -0.3 is 15.8 Å². The Kier molecular flexibility index (Phi) is 4.32. The number of carbonyl (C=O) groups is 2. The highest BCUT2D eigenvalue weighted by Gasteiger charge is 2.13. The number of alkyl carbamates (subject to hydrolysis) is 1. The van der Waals surface area contributed by atoms with E-state index in [9.17, 15) is 9.59 Å². The fraction of sp³-hybridized carbons (Fsp3) is 0.273. The number of primary amides is 1. The van der Waals surface area contributed by atoms with Crippen molar-refractivity contribution in [2.75, 3.05) is 0 Å². The van der Waals surface area contributed by atoms with Crippen molar-refractivity contribution in [3.63, 3.8) is 0 Å². The molecule has 2 amide bonds. The van der Waals surface area contributed by atoms with Crippen LogP contribution in [0.25, 0.3) is 0 Å². The summed E-state index contributed by atoms with van der Waals surface area (Å²) in [6.45, 7) is 1.77. The van der Waals surface area contributed by atoms with Crippen LogP contribution in [0.4, 0.5) is 4.79 Å². The van der Waals surface area contributed by atoms with Gasteiger partial charge in [-0.25, -0.2) is 4.79 Å². The van der Waals surface area contributed by atoms with Gasteiger partial charge in [-0.3, -0.25) is 4.79 Å². The number of rotatable bonds is 4. The molecule has 86 valence electrons. The second-order valence-corrected chi connectivity index (χ2v) is 3.29. The number of carbonyl (C=O) groups excluding carboxylic acids is 2. The second kappa shape index (κ2) is 5.75. The highest BCUT2D eigenvalue weighted by Crippen LogP contribution is 1.98. The minimum atomic E-state index is -0.921. The van der Waals surface area contributed by atoms with Gasteiger partial charge in [-0.1, -0.05) is 30.3 Å². The van der Waals surface area contributed by atoms with Gasteiger partial charge in [0.25, 0.3) is 5.91 Å². The van der Waals surface area contributed by atoms with Crippen molar-refractivity contribution in [3.8, 4) is 0 Å². The van der Waals surface area contributed by atoms with E-state index in [1.54, 1.807) is 0 Å². The maximum atomic E-state index is 11.2. The molecule has 0 aromatic heterocycles. The highest BCUT2D eigenvalue weighted by atomic mass is 16.6. The summed E-state index contributed by atoms with van der Waals surface area (Å²) in [5, 5.41) is 2.52. The molecule has 1 aromatic rings. The van der Waals surface area contributed by atoms with Crippen LogP contribution in [0.15, 0.2) is 30.3 Å². The van der Waals surface area contributed by atoms with E-state index in [0.717, 1.165) is 5.56 Å². The third kappa shape index (κ3) is 4.00. The molecular weight excluding hydrogens is 208 g/mol. The lowest BCUT2D eigenvalue weighted by atomic mass is 10.2. The van der Waals surface area contributed by atoms with Crippen molar-refractivity contribution >= 4 is 12.0 Å². The molecule has 0 aliphatic heterocycles. The fourth-order valence-electron chi connectivity index (χ4n) is 1.03. The molecule has 0 saturated carbocycles. The van der Waals surface area contributed by atoms with Crippen LogP contribution in [-0.2, 0) is 16.1 Å². The maximum Gasteiger partial charge on any atom is 0.408 e. The first-order valence-corrected chi connectivity index (χ1v) is 4.87. The van der Waals surface area contributed by atoms with Crippen molar-refractivity contribution in [3.05, 3.63) is 35.9 Å². The summed E-state index contributed by atoms with van der Waals surface area (Å²) in [7, 11) is 0. The van der Waals surface area contributed by atoms with E-state index in [1.165, 1.54) is 6.92 Å². The SMILES string of the molecule is C[C@@H](OC(=O)NCc1ccccc1)C(N)=O. The molecule has 0 unspecified atom stereocenters. The number of benzene rings is 1. The summed E-state index contributed by atoms with van der Waals surface area (Å²) < 4.78 is 4.71. The standard InChI is InChI=1S/C11H14N2O3/c1-8(10(12)14)16-11(15)13-7-9-5-3-2-4-6-9/h2-6,8H,7H2,1H3,(H2,12,14)(H,13,15)/t8-/m1/s1. The predicted octanol–water partition coefficient (Wildman–Crippen LogP) is 0.787. The van der Waals surface area contributed by atoms with Gasteiger partial charge >= 0.3 is 6.09 Å². The maximum absolute atomic E-state index is 11.2. The normalized spacial score (nSPS) is 11.6. The molecule has 3 N–H and O–H groups in total. The molecule has 0 fully saturated rings. The molecule has 0 aliphatic carbocycles. The summed E-state index contributed by atoms with van der Waals surface area (Å²) in [5.41, 5.74) is 5.90. The van der Waals surface area contributed by atoms with Gasteiger partial charge in [0.15, 0.2) is 6.10 Å². The number of amides is 2. The van der Waals surface area contributed by atoms with Crippen molar-refractivity contribution in [2.45, 2.75) is 19.6 Å². The topological polar surface area (TPSA) is 81.4 Å². The van der Waals surface area contributed by atoms with Crippen molar-refractivity contribution in [1.82, 2.24) is 5.32 Å². The van der Waals surface area contributed by atoms with Crippen molar-refractivity contribution in [2.24, 2.45) is 5.73 Å². The van der Waals surface area contributed by atoms with Crippen LogP contribution < -0.4 is 11.1 Å². The molecule has 0 heterocycles. The zero-order chi connectivity index (χ0) is 12.0. The van der Waals surface area contributed by atoms with Gasteiger partial charge in [-0.05, 0) is 12.5 Å². The first-order chi connectivity index (χ1) is 7.59. The molecule has 1 rings (SSSR count). The molecule has 0 aliphatic rings. The second-order valence-electron chi connectivity index (χ2n) is 3.29. The Morgan fingerprint density at radius 2 is 2.00 bits per heavy atom. The molecule has 1 aromatic carbocycles. The molecule has 1 atom stereocenters. The monoisotopic (exact) mass is 222 g/mol. The van der Waals surface area contributed by atoms with Gasteiger partial charge in [-0.2, -0.15) is 0 Å². The Bertz CT molecular complexity index is 365. The minimum Gasteiger partial charge on any atom is -0.436 e. The van der Waals surface area contributed by atoms with E-state index in [2.05, 4.69) is 5.32 Å². The van der Waals surface area contributed by atoms with Crippen molar-refractivity contribution in [1.29, 1.82) is 0 Å². The van der Waals surface area contributed by atoms with E-state index in [1.807, 2.05) is 30.3 Å². The van der Waals surface area contributed by atoms with Crippen LogP contribution in [0.3, 0.4) is 0 Å². The lowest BCUT2D eigenvalue weighted by Crippen LogP contribution is -2.34. The number of nitrogens with two attached hydrogens (primary N) is 1. The molecule has 0 bridgehead atoms. The molecule has 0 saturated heterocycles. The molecule has 0 radical (unpaired) electrons. The van der Waals surface area contributed by atoms with E-state index >= 15 is 0 Å². The van der Waals surface area contributed by atoms with Gasteiger partial charge in [0.1, 0.15) is 0 Å². The van der Waals surface area contributed by atoms with Crippen LogP contribution in [0.1, 0.15) is 12.5 Å².